The molecule has 3 N–H and O–H groups in total. The van der Waals surface area contributed by atoms with Crippen LogP contribution < -0.4 is 5.32 Å². The molecule has 0 spiro atoms. The van der Waals surface area contributed by atoms with Crippen LogP contribution in [0, 0.1) is 17.2 Å². The summed E-state index contributed by atoms with van der Waals surface area (Å²) >= 11 is 0. The summed E-state index contributed by atoms with van der Waals surface area (Å²) in [5.74, 6) is 0.350. The number of aromatic amines is 1. The fourth-order valence-corrected chi connectivity index (χ4v) is 2.98. The van der Waals surface area contributed by atoms with Crippen LogP contribution in [0.4, 0.5) is 5.95 Å². The molecule has 1 aliphatic rings. The van der Waals surface area contributed by atoms with Gasteiger partial charge in [0.25, 0.3) is 0 Å². The Bertz CT molecular complexity index is 986. The average molecular weight is 318 g/mol. The molecule has 6 heteroatoms. The summed E-state index contributed by atoms with van der Waals surface area (Å²) in [6.07, 6.45) is 0.711. The number of nitrogens with zero attached hydrogens (tertiary/aromatic N) is 2. The number of phenols is 1. The largest absolute Gasteiger partial charge is 0.508 e. The third-order valence-electron chi connectivity index (χ3n) is 4.32. The summed E-state index contributed by atoms with van der Waals surface area (Å²) in [6, 6.07) is 14.3. The Balaban J connectivity index is 1.49. The summed E-state index contributed by atoms with van der Waals surface area (Å²) in [5.41, 5.74) is 2.74. The number of anilines is 1. The summed E-state index contributed by atoms with van der Waals surface area (Å²) < 4.78 is 0. The van der Waals surface area contributed by atoms with Gasteiger partial charge in [-0.1, -0.05) is 18.2 Å². The van der Waals surface area contributed by atoms with Gasteiger partial charge in [-0.2, -0.15) is 5.26 Å². The molecule has 1 amide bonds. The highest BCUT2D eigenvalue weighted by Gasteiger charge is 2.45. The molecular weight excluding hydrogens is 304 g/mol. The van der Waals surface area contributed by atoms with Crippen molar-refractivity contribution in [1.29, 1.82) is 5.26 Å². The van der Waals surface area contributed by atoms with Gasteiger partial charge in [0.1, 0.15) is 5.75 Å². The number of hydrogen-bond donors (Lipinski definition) is 3. The van der Waals surface area contributed by atoms with Gasteiger partial charge in [-0.05, 0) is 42.2 Å². The maximum Gasteiger partial charge on any atom is 0.230 e. The zero-order valence-corrected chi connectivity index (χ0v) is 12.7. The second-order valence-electron chi connectivity index (χ2n) is 5.93. The predicted octanol–water partition coefficient (Wildman–Crippen LogP) is 2.88. The van der Waals surface area contributed by atoms with E-state index >= 15 is 0 Å². The molecule has 0 bridgehead atoms. The van der Waals surface area contributed by atoms with Gasteiger partial charge in [-0.15, -0.1) is 0 Å². The quantitative estimate of drug-likeness (QED) is 0.691. The molecule has 1 saturated carbocycles. The number of amides is 1. The number of aromatic nitrogens is 2. The smallest absolute Gasteiger partial charge is 0.230 e. The summed E-state index contributed by atoms with van der Waals surface area (Å²) in [4.78, 5) is 19.7. The van der Waals surface area contributed by atoms with E-state index in [0.717, 1.165) is 5.56 Å². The molecule has 0 aliphatic heterocycles. The van der Waals surface area contributed by atoms with E-state index in [1.807, 2.05) is 12.1 Å². The number of para-hydroxylation sites is 1. The van der Waals surface area contributed by atoms with E-state index in [1.165, 1.54) is 0 Å². The number of phenolic OH excluding ortho intramolecular Hbond substituents is 1. The maximum atomic E-state index is 12.4. The van der Waals surface area contributed by atoms with Crippen LogP contribution in [-0.4, -0.2) is 21.0 Å². The van der Waals surface area contributed by atoms with Crippen molar-refractivity contribution in [3.63, 3.8) is 0 Å². The SMILES string of the molecule is N#Cc1ccc2nc(NC(=O)C3CC3c3ccccc3O)[nH]c2c1. The number of rotatable bonds is 3. The maximum absolute atomic E-state index is 12.4. The molecule has 6 nitrogen and oxygen atoms in total. The van der Waals surface area contributed by atoms with Gasteiger partial charge >= 0.3 is 0 Å². The van der Waals surface area contributed by atoms with Crippen LogP contribution in [0.2, 0.25) is 0 Å². The fourth-order valence-electron chi connectivity index (χ4n) is 2.98. The lowest BCUT2D eigenvalue weighted by Crippen LogP contribution is -2.15. The molecule has 118 valence electrons. The number of nitriles is 1. The van der Waals surface area contributed by atoms with E-state index < -0.39 is 0 Å². The average Bonchev–Trinajstić information content (AvgIpc) is 3.28. The van der Waals surface area contributed by atoms with Crippen molar-refractivity contribution in [2.45, 2.75) is 12.3 Å². The summed E-state index contributed by atoms with van der Waals surface area (Å²) in [5, 5.41) is 21.6. The normalized spacial score (nSPS) is 19.0. The van der Waals surface area contributed by atoms with Crippen LogP contribution in [0.15, 0.2) is 42.5 Å². The Hall–Kier alpha value is -3.33. The second-order valence-corrected chi connectivity index (χ2v) is 5.93. The van der Waals surface area contributed by atoms with Crippen molar-refractivity contribution in [3.8, 4) is 11.8 Å². The third-order valence-corrected chi connectivity index (χ3v) is 4.32. The molecule has 2 unspecified atom stereocenters. The highest BCUT2D eigenvalue weighted by atomic mass is 16.3. The molecule has 1 fully saturated rings. The van der Waals surface area contributed by atoms with E-state index in [0.29, 0.717) is 29.0 Å². The zero-order chi connectivity index (χ0) is 16.7. The van der Waals surface area contributed by atoms with Crippen LogP contribution in [0.3, 0.4) is 0 Å². The first kappa shape index (κ1) is 14.3. The molecule has 3 aromatic rings. The molecule has 2 aromatic carbocycles. The van der Waals surface area contributed by atoms with Crippen LogP contribution in [0.1, 0.15) is 23.5 Å². The Kier molecular flexibility index (Phi) is 3.21. The van der Waals surface area contributed by atoms with Gasteiger partial charge in [0.05, 0.1) is 22.7 Å². The first-order valence-corrected chi connectivity index (χ1v) is 7.64. The van der Waals surface area contributed by atoms with Crippen molar-refractivity contribution in [1.82, 2.24) is 9.97 Å². The minimum atomic E-state index is -0.166. The van der Waals surface area contributed by atoms with Gasteiger partial charge < -0.3 is 10.1 Å². The summed E-state index contributed by atoms with van der Waals surface area (Å²) in [6.45, 7) is 0. The molecule has 0 radical (unpaired) electrons. The van der Waals surface area contributed by atoms with Crippen molar-refractivity contribution in [2.75, 3.05) is 5.32 Å². The number of carbonyl (C=O) groups is 1. The number of nitrogens with one attached hydrogen (secondary N) is 2. The summed E-state index contributed by atoms with van der Waals surface area (Å²) in [7, 11) is 0. The molecule has 0 saturated heterocycles. The molecule has 1 heterocycles. The third kappa shape index (κ3) is 2.46. The number of carbonyl (C=O) groups excluding carboxylic acids is 1. The second kappa shape index (κ2) is 5.39. The highest BCUT2D eigenvalue weighted by Crippen LogP contribution is 2.50. The number of H-pyrrole nitrogens is 1. The first-order valence-electron chi connectivity index (χ1n) is 7.64. The van der Waals surface area contributed by atoms with Gasteiger partial charge in [0, 0.05) is 5.92 Å². The van der Waals surface area contributed by atoms with Crippen molar-refractivity contribution in [2.24, 2.45) is 5.92 Å². The van der Waals surface area contributed by atoms with Crippen molar-refractivity contribution in [3.05, 3.63) is 53.6 Å². The lowest BCUT2D eigenvalue weighted by Gasteiger charge is -2.03. The van der Waals surface area contributed by atoms with Crippen molar-refractivity contribution < 1.29 is 9.90 Å². The molecule has 1 aliphatic carbocycles. The molecular formula is C18H14N4O2. The highest BCUT2D eigenvalue weighted by molar-refractivity contribution is 5.95. The minimum absolute atomic E-state index is 0.0424. The minimum Gasteiger partial charge on any atom is -0.508 e. The molecule has 1 aromatic heterocycles. The topological polar surface area (TPSA) is 102 Å². The molecule has 2 atom stereocenters. The standard InChI is InChI=1S/C18H14N4O2/c19-9-10-5-6-14-15(7-10)21-18(20-14)22-17(24)13-8-12(13)11-3-1-2-4-16(11)23/h1-7,12-13,23H,8H2,(H2,20,21,22,24). The number of imidazole rings is 1. The van der Waals surface area contributed by atoms with E-state index in [1.54, 1.807) is 30.3 Å². The Labute approximate surface area is 137 Å². The van der Waals surface area contributed by atoms with Crippen LogP contribution in [0.25, 0.3) is 11.0 Å². The van der Waals surface area contributed by atoms with Gasteiger partial charge in [-0.25, -0.2) is 4.98 Å². The molecule has 4 rings (SSSR count). The van der Waals surface area contributed by atoms with E-state index in [-0.39, 0.29) is 23.5 Å². The van der Waals surface area contributed by atoms with Crippen LogP contribution in [-0.2, 0) is 4.79 Å². The van der Waals surface area contributed by atoms with Crippen LogP contribution >= 0.6 is 0 Å². The Morgan fingerprint density at radius 1 is 1.33 bits per heavy atom. The number of hydrogen-bond acceptors (Lipinski definition) is 4. The van der Waals surface area contributed by atoms with Crippen LogP contribution in [0.5, 0.6) is 5.75 Å². The first-order chi connectivity index (χ1) is 11.7. The monoisotopic (exact) mass is 318 g/mol. The van der Waals surface area contributed by atoms with Gasteiger partial charge in [-0.3, -0.25) is 10.1 Å². The van der Waals surface area contributed by atoms with Crippen molar-refractivity contribution >= 4 is 22.9 Å². The van der Waals surface area contributed by atoms with E-state index in [4.69, 9.17) is 5.26 Å². The Morgan fingerprint density at radius 3 is 2.96 bits per heavy atom. The van der Waals surface area contributed by atoms with E-state index in [9.17, 15) is 9.90 Å². The van der Waals surface area contributed by atoms with Gasteiger partial charge in [0.15, 0.2) is 0 Å². The number of fused-ring (bicyclic) bond motifs is 1. The number of aromatic hydroxyl groups is 1. The molecule has 24 heavy (non-hydrogen) atoms. The van der Waals surface area contributed by atoms with E-state index in [2.05, 4.69) is 21.4 Å². The lowest BCUT2D eigenvalue weighted by atomic mass is 10.1. The zero-order valence-electron chi connectivity index (χ0n) is 12.7. The number of benzene rings is 2. The predicted molar refractivity (Wildman–Crippen MR) is 88.4 cm³/mol. The lowest BCUT2D eigenvalue weighted by molar-refractivity contribution is -0.117. The van der Waals surface area contributed by atoms with Gasteiger partial charge in [0.2, 0.25) is 11.9 Å². The fraction of sp³-hybridized carbons (Fsp3) is 0.167. The Morgan fingerprint density at radius 2 is 2.17 bits per heavy atom.